The van der Waals surface area contributed by atoms with Crippen molar-refractivity contribution in [2.45, 2.75) is 24.9 Å². The fourth-order valence-electron chi connectivity index (χ4n) is 1.05. The highest BCUT2D eigenvalue weighted by Gasteiger charge is 2.14. The Morgan fingerprint density at radius 1 is 1.30 bits per heavy atom. The summed E-state index contributed by atoms with van der Waals surface area (Å²) in [6.07, 6.45) is 1.86. The largest absolute Gasteiger partial charge is 0.435 e. The summed E-state index contributed by atoms with van der Waals surface area (Å²) in [6, 6.07) is 0. The molecule has 0 bridgehead atoms. The van der Waals surface area contributed by atoms with E-state index < -0.39 is 9.04 Å². The number of rotatable bonds is 5. The number of hydrogen-bond acceptors (Lipinski definition) is 3. The lowest BCUT2D eigenvalue weighted by atomic mass is 10.2. The predicted molar refractivity (Wildman–Crippen MR) is 46.3 cm³/mol. The molecular weight excluding hydrogens is 144 g/mol. The Balaban J connectivity index is 3.50. The minimum atomic E-state index is -1.48. The standard InChI is InChI=1S/C6H18N2OSi/c1-10(9)6(2-4-7)3-5-8/h6,9-10H,2-5,7-8H2,1H3. The maximum Gasteiger partial charge on any atom is 0.172 e. The smallest absolute Gasteiger partial charge is 0.172 e. The Kier molecular flexibility index (Phi) is 5.91. The maximum atomic E-state index is 9.30. The van der Waals surface area contributed by atoms with Crippen LogP contribution in [0.4, 0.5) is 0 Å². The summed E-state index contributed by atoms with van der Waals surface area (Å²) in [6.45, 7) is 3.26. The molecule has 1 unspecified atom stereocenters. The van der Waals surface area contributed by atoms with Crippen LogP contribution in [0.1, 0.15) is 12.8 Å². The molecule has 10 heavy (non-hydrogen) atoms. The van der Waals surface area contributed by atoms with Crippen LogP contribution in [0.15, 0.2) is 0 Å². The third-order valence-corrected chi connectivity index (χ3v) is 3.79. The van der Waals surface area contributed by atoms with Gasteiger partial charge in [0.2, 0.25) is 0 Å². The number of hydrogen-bond donors (Lipinski definition) is 3. The average molecular weight is 162 g/mol. The van der Waals surface area contributed by atoms with Crippen molar-refractivity contribution >= 4 is 9.04 Å². The summed E-state index contributed by atoms with van der Waals surface area (Å²) in [4.78, 5) is 9.30. The Morgan fingerprint density at radius 2 is 1.70 bits per heavy atom. The first-order valence-corrected chi connectivity index (χ1v) is 6.14. The van der Waals surface area contributed by atoms with Crippen LogP contribution in [0.2, 0.25) is 12.1 Å². The Labute approximate surface area is 64.1 Å². The molecule has 0 radical (unpaired) electrons. The summed E-state index contributed by atoms with van der Waals surface area (Å²) in [5, 5.41) is 0. The summed E-state index contributed by atoms with van der Waals surface area (Å²) in [5.41, 5.74) is 11.2. The molecule has 0 aliphatic rings. The van der Waals surface area contributed by atoms with Gasteiger partial charge in [0.1, 0.15) is 0 Å². The van der Waals surface area contributed by atoms with Crippen LogP contribution >= 0.6 is 0 Å². The van der Waals surface area contributed by atoms with Gasteiger partial charge in [0, 0.05) is 0 Å². The molecule has 0 heterocycles. The first kappa shape index (κ1) is 10.1. The van der Waals surface area contributed by atoms with Gasteiger partial charge in [-0.3, -0.25) is 0 Å². The van der Waals surface area contributed by atoms with Crippen molar-refractivity contribution in [2.24, 2.45) is 11.5 Å². The third-order valence-electron chi connectivity index (χ3n) is 1.76. The van der Waals surface area contributed by atoms with Crippen molar-refractivity contribution in [1.29, 1.82) is 0 Å². The molecular formula is C6H18N2OSi. The SMILES string of the molecule is C[SiH](O)C(CCN)CCN. The normalized spacial score (nSPS) is 14.1. The quantitative estimate of drug-likeness (QED) is 0.473. The van der Waals surface area contributed by atoms with Crippen molar-refractivity contribution < 1.29 is 4.80 Å². The van der Waals surface area contributed by atoms with Gasteiger partial charge < -0.3 is 16.3 Å². The molecule has 0 spiro atoms. The van der Waals surface area contributed by atoms with Gasteiger partial charge in [-0.1, -0.05) is 0 Å². The monoisotopic (exact) mass is 162 g/mol. The summed E-state index contributed by atoms with van der Waals surface area (Å²) < 4.78 is 0. The molecule has 5 N–H and O–H groups in total. The molecule has 0 aliphatic carbocycles. The average Bonchev–Trinajstić information content (AvgIpc) is 1.87. The van der Waals surface area contributed by atoms with E-state index in [0.717, 1.165) is 12.8 Å². The lowest BCUT2D eigenvalue weighted by molar-refractivity contribution is 0.526. The van der Waals surface area contributed by atoms with Crippen LogP contribution in [0.3, 0.4) is 0 Å². The molecule has 3 nitrogen and oxygen atoms in total. The van der Waals surface area contributed by atoms with Crippen LogP contribution in [-0.4, -0.2) is 26.9 Å². The molecule has 0 amide bonds. The third kappa shape index (κ3) is 4.00. The van der Waals surface area contributed by atoms with Gasteiger partial charge in [-0.25, -0.2) is 0 Å². The molecule has 4 heteroatoms. The summed E-state index contributed by atoms with van der Waals surface area (Å²) in [7, 11) is -1.48. The predicted octanol–water partition coefficient (Wildman–Crippen LogP) is -0.600. The van der Waals surface area contributed by atoms with Crippen LogP contribution in [-0.2, 0) is 0 Å². The van der Waals surface area contributed by atoms with E-state index in [1.165, 1.54) is 0 Å². The zero-order chi connectivity index (χ0) is 7.98. The maximum absolute atomic E-state index is 9.30. The van der Waals surface area contributed by atoms with Crippen LogP contribution in [0.25, 0.3) is 0 Å². The van der Waals surface area contributed by atoms with Gasteiger partial charge in [-0.15, -0.1) is 0 Å². The van der Waals surface area contributed by atoms with Gasteiger partial charge >= 0.3 is 0 Å². The summed E-state index contributed by atoms with van der Waals surface area (Å²) >= 11 is 0. The van der Waals surface area contributed by atoms with Crippen molar-refractivity contribution in [3.05, 3.63) is 0 Å². The van der Waals surface area contributed by atoms with E-state index in [2.05, 4.69) is 0 Å². The minimum Gasteiger partial charge on any atom is -0.435 e. The van der Waals surface area contributed by atoms with Crippen LogP contribution in [0, 0.1) is 0 Å². The van der Waals surface area contributed by atoms with E-state index in [1.807, 2.05) is 6.55 Å². The molecule has 0 saturated heterocycles. The van der Waals surface area contributed by atoms with E-state index in [-0.39, 0.29) is 0 Å². The Bertz CT molecular complexity index is 74.1. The molecule has 1 atom stereocenters. The molecule has 0 aromatic heterocycles. The van der Waals surface area contributed by atoms with Crippen molar-refractivity contribution in [1.82, 2.24) is 0 Å². The Morgan fingerprint density at radius 3 is 1.90 bits per heavy atom. The highest BCUT2D eigenvalue weighted by Crippen LogP contribution is 2.16. The van der Waals surface area contributed by atoms with E-state index in [9.17, 15) is 4.80 Å². The second-order valence-corrected chi connectivity index (χ2v) is 5.08. The van der Waals surface area contributed by atoms with Crippen molar-refractivity contribution in [3.63, 3.8) is 0 Å². The first-order chi connectivity index (χ1) is 4.72. The first-order valence-electron chi connectivity index (χ1n) is 3.80. The van der Waals surface area contributed by atoms with Gasteiger partial charge in [0.15, 0.2) is 9.04 Å². The molecule has 0 aromatic rings. The second-order valence-electron chi connectivity index (χ2n) is 2.66. The molecule has 0 fully saturated rings. The minimum absolute atomic E-state index is 0.426. The zero-order valence-electron chi connectivity index (χ0n) is 6.59. The Hall–Kier alpha value is 0.0969. The fraction of sp³-hybridized carbons (Fsp3) is 1.00. The second kappa shape index (κ2) is 5.85. The lowest BCUT2D eigenvalue weighted by Crippen LogP contribution is -2.21. The van der Waals surface area contributed by atoms with Gasteiger partial charge in [-0.2, -0.15) is 0 Å². The van der Waals surface area contributed by atoms with Gasteiger partial charge in [-0.05, 0) is 38.0 Å². The molecule has 0 rings (SSSR count). The highest BCUT2D eigenvalue weighted by molar-refractivity contribution is 6.50. The molecule has 62 valence electrons. The van der Waals surface area contributed by atoms with E-state index >= 15 is 0 Å². The van der Waals surface area contributed by atoms with Gasteiger partial charge in [0.05, 0.1) is 0 Å². The lowest BCUT2D eigenvalue weighted by Gasteiger charge is -2.15. The topological polar surface area (TPSA) is 72.3 Å². The van der Waals surface area contributed by atoms with E-state index in [0.29, 0.717) is 18.6 Å². The van der Waals surface area contributed by atoms with Crippen molar-refractivity contribution in [2.75, 3.05) is 13.1 Å². The molecule has 0 saturated carbocycles. The van der Waals surface area contributed by atoms with E-state index in [4.69, 9.17) is 11.5 Å². The fourth-order valence-corrected chi connectivity index (χ4v) is 2.40. The molecule has 0 aliphatic heterocycles. The van der Waals surface area contributed by atoms with Crippen LogP contribution in [0.5, 0.6) is 0 Å². The number of nitrogens with two attached hydrogens (primary N) is 2. The van der Waals surface area contributed by atoms with E-state index in [1.54, 1.807) is 0 Å². The summed E-state index contributed by atoms with van der Waals surface area (Å²) in [5.74, 6) is 0. The zero-order valence-corrected chi connectivity index (χ0v) is 7.74. The van der Waals surface area contributed by atoms with Crippen LogP contribution < -0.4 is 11.5 Å². The molecule has 0 aromatic carbocycles. The highest BCUT2D eigenvalue weighted by atomic mass is 28.3. The van der Waals surface area contributed by atoms with Gasteiger partial charge in [0.25, 0.3) is 0 Å². The van der Waals surface area contributed by atoms with Crippen molar-refractivity contribution in [3.8, 4) is 0 Å².